The van der Waals surface area contributed by atoms with Crippen molar-refractivity contribution in [3.8, 4) is 11.8 Å². The number of carbonyl (C=O) groups is 2. The molecule has 1 aromatic carbocycles. The molecule has 7 nitrogen and oxygen atoms in total. The first-order chi connectivity index (χ1) is 14.5. The van der Waals surface area contributed by atoms with Crippen LogP contribution in [0, 0.1) is 18.8 Å². The van der Waals surface area contributed by atoms with Crippen molar-refractivity contribution in [1.82, 2.24) is 20.2 Å². The Bertz CT molecular complexity index is 1240. The molecule has 0 radical (unpaired) electrons. The maximum Gasteiger partial charge on any atom is 0.322 e. The first-order valence-corrected chi connectivity index (χ1v) is 9.31. The number of rotatable bonds is 3. The maximum absolute atomic E-state index is 12.8. The molecule has 0 aliphatic carbocycles. The Labute approximate surface area is 172 Å². The number of nitrogens with one attached hydrogen (secondary N) is 2. The number of hydrogen-bond donors (Lipinski definition) is 2. The Morgan fingerprint density at radius 3 is 2.47 bits per heavy atom. The van der Waals surface area contributed by atoms with Gasteiger partial charge in [0.05, 0.1) is 6.54 Å². The highest BCUT2D eigenvalue weighted by Gasteiger charge is 2.48. The van der Waals surface area contributed by atoms with E-state index in [1.807, 2.05) is 18.2 Å². The van der Waals surface area contributed by atoms with E-state index < -0.39 is 17.5 Å². The summed E-state index contributed by atoms with van der Waals surface area (Å²) in [7, 11) is 0. The fourth-order valence-corrected chi connectivity index (χ4v) is 3.35. The van der Waals surface area contributed by atoms with E-state index in [4.69, 9.17) is 0 Å². The van der Waals surface area contributed by atoms with Crippen molar-refractivity contribution in [2.24, 2.45) is 0 Å². The lowest BCUT2D eigenvalue weighted by Gasteiger charge is -2.27. The van der Waals surface area contributed by atoms with Gasteiger partial charge in [0.15, 0.2) is 5.54 Å². The number of hydrogen-bond acceptors (Lipinski definition) is 4. The standard InChI is InChI=1S/C23H18N4O3/c1-16-5-4-14-27(20(16)28)15-23(21(29)25-22(30)26-23)18-10-7-17(8-11-18)9-12-19-6-2-3-13-24-19/h2-8,10-11,13-14H,15H2,1H3,(H2,25,26,29,30). The number of carbonyl (C=O) groups excluding carboxylic acids is 2. The molecule has 1 atom stereocenters. The van der Waals surface area contributed by atoms with Gasteiger partial charge < -0.3 is 9.88 Å². The average molecular weight is 398 g/mol. The van der Waals surface area contributed by atoms with Gasteiger partial charge in [-0.25, -0.2) is 9.78 Å². The molecule has 1 fully saturated rings. The second-order valence-corrected chi connectivity index (χ2v) is 6.98. The molecule has 1 aliphatic heterocycles. The van der Waals surface area contributed by atoms with Crippen molar-refractivity contribution in [3.63, 3.8) is 0 Å². The van der Waals surface area contributed by atoms with Crippen molar-refractivity contribution in [3.05, 3.63) is 99.7 Å². The number of imide groups is 1. The van der Waals surface area contributed by atoms with Gasteiger partial charge in [-0.05, 0) is 48.7 Å². The number of pyridine rings is 2. The van der Waals surface area contributed by atoms with Crippen LogP contribution < -0.4 is 16.2 Å². The van der Waals surface area contributed by atoms with E-state index in [0.29, 0.717) is 16.8 Å². The van der Waals surface area contributed by atoms with E-state index in [9.17, 15) is 14.4 Å². The molecular weight excluding hydrogens is 380 g/mol. The lowest BCUT2D eigenvalue weighted by atomic mass is 9.89. The molecule has 1 saturated heterocycles. The summed E-state index contributed by atoms with van der Waals surface area (Å²) >= 11 is 0. The van der Waals surface area contributed by atoms with Gasteiger partial charge in [-0.15, -0.1) is 0 Å². The maximum atomic E-state index is 12.8. The number of urea groups is 1. The van der Waals surface area contributed by atoms with Crippen LogP contribution in [0.4, 0.5) is 4.79 Å². The van der Waals surface area contributed by atoms with E-state index in [1.165, 1.54) is 4.57 Å². The van der Waals surface area contributed by atoms with Gasteiger partial charge in [0.1, 0.15) is 5.69 Å². The Morgan fingerprint density at radius 2 is 1.80 bits per heavy atom. The van der Waals surface area contributed by atoms with Crippen LogP contribution >= 0.6 is 0 Å². The molecule has 4 rings (SSSR count). The predicted molar refractivity (Wildman–Crippen MR) is 110 cm³/mol. The van der Waals surface area contributed by atoms with Crippen molar-refractivity contribution < 1.29 is 9.59 Å². The second-order valence-electron chi connectivity index (χ2n) is 6.98. The highest BCUT2D eigenvalue weighted by molar-refractivity contribution is 6.07. The molecule has 7 heteroatoms. The molecule has 30 heavy (non-hydrogen) atoms. The largest absolute Gasteiger partial charge is 0.322 e. The van der Waals surface area contributed by atoms with E-state index in [0.717, 1.165) is 5.56 Å². The van der Waals surface area contributed by atoms with E-state index in [-0.39, 0.29) is 12.1 Å². The quantitative estimate of drug-likeness (QED) is 0.519. The zero-order valence-electron chi connectivity index (χ0n) is 16.2. The summed E-state index contributed by atoms with van der Waals surface area (Å²) in [6.07, 6.45) is 3.27. The van der Waals surface area contributed by atoms with Crippen LogP contribution in [-0.2, 0) is 16.9 Å². The molecule has 2 N–H and O–H groups in total. The minimum Gasteiger partial charge on any atom is -0.318 e. The summed E-state index contributed by atoms with van der Waals surface area (Å²) in [5.74, 6) is 5.49. The fraction of sp³-hybridized carbons (Fsp3) is 0.130. The summed E-state index contributed by atoms with van der Waals surface area (Å²) in [4.78, 5) is 41.4. The summed E-state index contributed by atoms with van der Waals surface area (Å²) < 4.78 is 1.43. The number of benzene rings is 1. The Balaban J connectivity index is 1.69. The van der Waals surface area contributed by atoms with Gasteiger partial charge in [-0.2, -0.15) is 0 Å². The molecule has 3 heterocycles. The number of aromatic nitrogens is 2. The van der Waals surface area contributed by atoms with Gasteiger partial charge in [-0.3, -0.25) is 14.9 Å². The first-order valence-electron chi connectivity index (χ1n) is 9.31. The van der Waals surface area contributed by atoms with E-state index in [2.05, 4.69) is 27.5 Å². The van der Waals surface area contributed by atoms with Crippen molar-refractivity contribution in [2.75, 3.05) is 0 Å². The molecule has 1 aliphatic rings. The molecule has 0 saturated carbocycles. The average Bonchev–Trinajstić information content (AvgIpc) is 3.05. The molecule has 3 aromatic rings. The van der Waals surface area contributed by atoms with Crippen molar-refractivity contribution >= 4 is 11.9 Å². The van der Waals surface area contributed by atoms with Crippen LogP contribution in [0.1, 0.15) is 22.4 Å². The third kappa shape index (κ3) is 3.59. The number of nitrogens with zero attached hydrogens (tertiary/aromatic N) is 2. The minimum atomic E-state index is -1.39. The Hall–Kier alpha value is -4.18. The smallest absolute Gasteiger partial charge is 0.318 e. The predicted octanol–water partition coefficient (Wildman–Crippen LogP) is 1.69. The van der Waals surface area contributed by atoms with Crippen LogP contribution in [0.5, 0.6) is 0 Å². The number of amides is 3. The topological polar surface area (TPSA) is 93.1 Å². The monoisotopic (exact) mass is 398 g/mol. The summed E-state index contributed by atoms with van der Waals surface area (Å²) in [6, 6.07) is 15.3. The van der Waals surface area contributed by atoms with Crippen LogP contribution in [0.3, 0.4) is 0 Å². The van der Waals surface area contributed by atoms with Gasteiger partial charge in [0.2, 0.25) is 0 Å². The molecular formula is C23H18N4O3. The van der Waals surface area contributed by atoms with Gasteiger partial charge in [0.25, 0.3) is 11.5 Å². The zero-order chi connectivity index (χ0) is 21.1. The summed E-state index contributed by atoms with van der Waals surface area (Å²) in [5, 5.41) is 4.98. The molecule has 0 spiro atoms. The first kappa shape index (κ1) is 19.2. The molecule has 3 amide bonds. The molecule has 1 unspecified atom stereocenters. The fourth-order valence-electron chi connectivity index (χ4n) is 3.35. The third-order valence-corrected chi connectivity index (χ3v) is 4.94. The van der Waals surface area contributed by atoms with Crippen LogP contribution in [0.25, 0.3) is 0 Å². The normalized spacial score (nSPS) is 17.6. The second kappa shape index (κ2) is 7.68. The highest BCUT2D eigenvalue weighted by Crippen LogP contribution is 2.27. The van der Waals surface area contributed by atoms with E-state index >= 15 is 0 Å². The van der Waals surface area contributed by atoms with Crippen LogP contribution in [-0.4, -0.2) is 21.5 Å². The van der Waals surface area contributed by atoms with Gasteiger partial charge >= 0.3 is 6.03 Å². The molecule has 0 bridgehead atoms. The Kier molecular flexibility index (Phi) is 4.90. The Morgan fingerprint density at radius 1 is 1.00 bits per heavy atom. The third-order valence-electron chi connectivity index (χ3n) is 4.94. The molecule has 148 valence electrons. The van der Waals surface area contributed by atoms with Crippen LogP contribution in [0.2, 0.25) is 0 Å². The van der Waals surface area contributed by atoms with Crippen molar-refractivity contribution in [1.29, 1.82) is 0 Å². The minimum absolute atomic E-state index is 0.0238. The molecule has 2 aromatic heterocycles. The van der Waals surface area contributed by atoms with Crippen molar-refractivity contribution in [2.45, 2.75) is 19.0 Å². The lowest BCUT2D eigenvalue weighted by Crippen LogP contribution is -2.49. The highest BCUT2D eigenvalue weighted by atomic mass is 16.2. The zero-order valence-corrected chi connectivity index (χ0v) is 16.2. The SMILES string of the molecule is Cc1cccn(CC2(c3ccc(C#Cc4ccccn4)cc3)NC(=O)NC2=O)c1=O. The number of aryl methyl sites for hydroxylation is 1. The van der Waals surface area contributed by atoms with E-state index in [1.54, 1.807) is 55.7 Å². The van der Waals surface area contributed by atoms with Gasteiger partial charge in [-0.1, -0.05) is 30.2 Å². The lowest BCUT2D eigenvalue weighted by molar-refractivity contribution is -0.124. The van der Waals surface area contributed by atoms with Gasteiger partial charge in [0, 0.05) is 23.5 Å². The van der Waals surface area contributed by atoms with Crippen LogP contribution in [0.15, 0.2) is 71.8 Å². The summed E-state index contributed by atoms with van der Waals surface area (Å²) in [5.41, 5.74) is 0.891. The summed E-state index contributed by atoms with van der Waals surface area (Å²) in [6.45, 7) is 1.68.